The van der Waals surface area contributed by atoms with E-state index in [0.29, 0.717) is 12.5 Å². The largest absolute Gasteiger partial charge is 0.330 e. The summed E-state index contributed by atoms with van der Waals surface area (Å²) in [5, 5.41) is 0. The Morgan fingerprint density at radius 2 is 1.53 bits per heavy atom. The third kappa shape index (κ3) is 12.4. The molecule has 0 aromatic carbocycles. The Labute approximate surface area is 110 Å². The molecule has 17 heavy (non-hydrogen) atoms. The average molecular weight is 261 g/mol. The summed E-state index contributed by atoms with van der Waals surface area (Å²) in [6.45, 7) is 4.98. The summed E-state index contributed by atoms with van der Waals surface area (Å²) in [6, 6.07) is 0. The lowest BCUT2D eigenvalue weighted by molar-refractivity contribution is 0.583. The standard InChI is InChI=1S/C14H31NOS/c1-3-4-5-6-7-8-9-10-11-17(16)13-14(2)12-15/h14H,3-13,15H2,1-2H3. The van der Waals surface area contributed by atoms with Crippen LogP contribution in [0.25, 0.3) is 0 Å². The SMILES string of the molecule is CCCCCCCCCCS(=O)CC(C)CN. The smallest absolute Gasteiger partial charge is 0.0272 e. The molecule has 2 unspecified atom stereocenters. The molecular formula is C14H31NOS. The van der Waals surface area contributed by atoms with Crippen molar-refractivity contribution < 1.29 is 4.21 Å². The first-order valence-electron chi connectivity index (χ1n) is 7.25. The first-order chi connectivity index (χ1) is 8.20. The van der Waals surface area contributed by atoms with Gasteiger partial charge in [-0.2, -0.15) is 0 Å². The third-order valence-corrected chi connectivity index (χ3v) is 4.78. The van der Waals surface area contributed by atoms with Gasteiger partial charge in [0.25, 0.3) is 0 Å². The van der Waals surface area contributed by atoms with Crippen molar-refractivity contribution in [2.75, 3.05) is 18.1 Å². The maximum atomic E-state index is 11.6. The summed E-state index contributed by atoms with van der Waals surface area (Å²) in [4.78, 5) is 0. The van der Waals surface area contributed by atoms with Crippen LogP contribution >= 0.6 is 0 Å². The maximum absolute atomic E-state index is 11.6. The number of hydrogen-bond acceptors (Lipinski definition) is 2. The molecule has 0 aliphatic heterocycles. The second-order valence-electron chi connectivity index (χ2n) is 5.13. The van der Waals surface area contributed by atoms with Gasteiger partial charge in [-0.05, 0) is 18.9 Å². The van der Waals surface area contributed by atoms with Crippen molar-refractivity contribution >= 4 is 10.8 Å². The van der Waals surface area contributed by atoms with Gasteiger partial charge in [-0.1, -0.05) is 58.8 Å². The molecule has 2 atom stereocenters. The molecule has 0 spiro atoms. The van der Waals surface area contributed by atoms with Crippen molar-refractivity contribution in [3.05, 3.63) is 0 Å². The van der Waals surface area contributed by atoms with Crippen LogP contribution in [0, 0.1) is 5.92 Å². The van der Waals surface area contributed by atoms with Gasteiger partial charge in [-0.15, -0.1) is 0 Å². The summed E-state index contributed by atoms with van der Waals surface area (Å²) in [6.07, 6.45) is 10.5. The van der Waals surface area contributed by atoms with Crippen LogP contribution in [-0.4, -0.2) is 22.3 Å². The molecule has 0 aromatic heterocycles. The van der Waals surface area contributed by atoms with Gasteiger partial charge in [0, 0.05) is 22.3 Å². The van der Waals surface area contributed by atoms with Crippen molar-refractivity contribution in [2.24, 2.45) is 11.7 Å². The fourth-order valence-corrected chi connectivity index (χ4v) is 3.33. The number of unbranched alkanes of at least 4 members (excludes halogenated alkanes) is 7. The lowest BCUT2D eigenvalue weighted by atomic mass is 10.1. The van der Waals surface area contributed by atoms with Crippen LogP contribution in [0.4, 0.5) is 0 Å². The van der Waals surface area contributed by atoms with E-state index in [1.54, 1.807) is 0 Å². The summed E-state index contributed by atoms with van der Waals surface area (Å²) in [7, 11) is -0.640. The van der Waals surface area contributed by atoms with E-state index >= 15 is 0 Å². The number of hydrogen-bond donors (Lipinski definition) is 1. The monoisotopic (exact) mass is 261 g/mol. The lowest BCUT2D eigenvalue weighted by Gasteiger charge is -2.07. The van der Waals surface area contributed by atoms with Gasteiger partial charge in [-0.3, -0.25) is 4.21 Å². The molecule has 0 aliphatic carbocycles. The average Bonchev–Trinajstić information content (AvgIpc) is 2.32. The normalized spacial score (nSPS) is 14.8. The van der Waals surface area contributed by atoms with E-state index in [0.717, 1.165) is 17.9 Å². The van der Waals surface area contributed by atoms with Crippen molar-refractivity contribution in [3.63, 3.8) is 0 Å². The Hall–Kier alpha value is 0.110. The fourth-order valence-electron chi connectivity index (χ4n) is 1.87. The van der Waals surface area contributed by atoms with Crippen molar-refractivity contribution in [1.82, 2.24) is 0 Å². The molecule has 2 nitrogen and oxygen atoms in total. The highest BCUT2D eigenvalue weighted by molar-refractivity contribution is 7.84. The summed E-state index contributed by atoms with van der Waals surface area (Å²) < 4.78 is 11.6. The van der Waals surface area contributed by atoms with Gasteiger partial charge in [-0.25, -0.2) is 0 Å². The van der Waals surface area contributed by atoms with Gasteiger partial charge in [0.15, 0.2) is 0 Å². The van der Waals surface area contributed by atoms with E-state index in [4.69, 9.17) is 5.73 Å². The van der Waals surface area contributed by atoms with Crippen LogP contribution in [0.15, 0.2) is 0 Å². The van der Waals surface area contributed by atoms with Crippen LogP contribution in [-0.2, 0) is 10.8 Å². The molecule has 0 aliphatic rings. The number of nitrogens with two attached hydrogens (primary N) is 1. The summed E-state index contributed by atoms with van der Waals surface area (Å²) >= 11 is 0. The zero-order chi connectivity index (χ0) is 12.9. The summed E-state index contributed by atoms with van der Waals surface area (Å²) in [5.41, 5.74) is 5.52. The predicted octanol–water partition coefficient (Wildman–Crippen LogP) is 3.47. The zero-order valence-corrected chi connectivity index (χ0v) is 12.6. The van der Waals surface area contributed by atoms with Gasteiger partial charge < -0.3 is 5.73 Å². The molecule has 0 amide bonds. The molecule has 0 bridgehead atoms. The number of rotatable bonds is 12. The zero-order valence-electron chi connectivity index (χ0n) is 11.7. The van der Waals surface area contributed by atoms with E-state index in [1.807, 2.05) is 0 Å². The van der Waals surface area contributed by atoms with Crippen molar-refractivity contribution in [3.8, 4) is 0 Å². The van der Waals surface area contributed by atoms with Crippen LogP contribution in [0.2, 0.25) is 0 Å². The molecule has 0 aromatic rings. The van der Waals surface area contributed by atoms with Crippen LogP contribution in [0.3, 0.4) is 0 Å². The molecule has 0 saturated carbocycles. The quantitative estimate of drug-likeness (QED) is 0.547. The molecule has 0 fully saturated rings. The van der Waals surface area contributed by atoms with Crippen molar-refractivity contribution in [2.45, 2.75) is 65.2 Å². The highest BCUT2D eigenvalue weighted by Crippen LogP contribution is 2.09. The van der Waals surface area contributed by atoms with E-state index in [-0.39, 0.29) is 0 Å². The second kappa shape index (κ2) is 12.6. The molecule has 0 radical (unpaired) electrons. The molecule has 104 valence electrons. The highest BCUT2D eigenvalue weighted by atomic mass is 32.2. The second-order valence-corrected chi connectivity index (χ2v) is 6.75. The van der Waals surface area contributed by atoms with E-state index in [2.05, 4.69) is 13.8 Å². The van der Waals surface area contributed by atoms with E-state index < -0.39 is 10.8 Å². The van der Waals surface area contributed by atoms with E-state index in [1.165, 1.54) is 44.9 Å². The Morgan fingerprint density at radius 3 is 2.06 bits per heavy atom. The molecule has 3 heteroatoms. The fraction of sp³-hybridized carbons (Fsp3) is 1.00. The van der Waals surface area contributed by atoms with Gasteiger partial charge >= 0.3 is 0 Å². The van der Waals surface area contributed by atoms with Crippen molar-refractivity contribution in [1.29, 1.82) is 0 Å². The minimum absolute atomic E-state index is 0.407. The first-order valence-corrected chi connectivity index (χ1v) is 8.74. The lowest BCUT2D eigenvalue weighted by Crippen LogP contribution is -2.18. The van der Waals surface area contributed by atoms with E-state index in [9.17, 15) is 4.21 Å². The van der Waals surface area contributed by atoms with Crippen LogP contribution in [0.1, 0.15) is 65.2 Å². The molecular weight excluding hydrogens is 230 g/mol. The Balaban J connectivity index is 3.19. The topological polar surface area (TPSA) is 43.1 Å². The Morgan fingerprint density at radius 1 is 1.00 bits per heavy atom. The Bertz CT molecular complexity index is 185. The maximum Gasteiger partial charge on any atom is 0.0272 e. The molecule has 0 heterocycles. The summed E-state index contributed by atoms with van der Waals surface area (Å²) in [5.74, 6) is 2.07. The minimum atomic E-state index is -0.640. The molecule has 0 saturated heterocycles. The molecule has 0 rings (SSSR count). The minimum Gasteiger partial charge on any atom is -0.330 e. The Kier molecular flexibility index (Phi) is 12.6. The molecule has 2 N–H and O–H groups in total. The van der Waals surface area contributed by atoms with Gasteiger partial charge in [0.1, 0.15) is 0 Å². The highest BCUT2D eigenvalue weighted by Gasteiger charge is 2.05. The van der Waals surface area contributed by atoms with Crippen LogP contribution in [0.5, 0.6) is 0 Å². The predicted molar refractivity (Wildman–Crippen MR) is 78.7 cm³/mol. The first kappa shape index (κ1) is 17.1. The van der Waals surface area contributed by atoms with Gasteiger partial charge in [0.05, 0.1) is 0 Å². The third-order valence-electron chi connectivity index (χ3n) is 3.10. The van der Waals surface area contributed by atoms with Gasteiger partial charge in [0.2, 0.25) is 0 Å². The van der Waals surface area contributed by atoms with Crippen LogP contribution < -0.4 is 5.73 Å².